The van der Waals surface area contributed by atoms with Crippen LogP contribution in [0.15, 0.2) is 28.7 Å². The van der Waals surface area contributed by atoms with E-state index in [2.05, 4.69) is 66.3 Å². The number of nitrogens with one attached hydrogen (secondary N) is 1. The van der Waals surface area contributed by atoms with Crippen LogP contribution in [-0.2, 0) is 0 Å². The largest absolute Gasteiger partial charge is 0.316 e. The van der Waals surface area contributed by atoms with Gasteiger partial charge in [-0.15, -0.1) is 0 Å². The molecule has 1 rings (SSSR count). The molecule has 0 aliphatic heterocycles. The molecular formula is C17H28BrN. The quantitative estimate of drug-likeness (QED) is 0.603. The predicted molar refractivity (Wildman–Crippen MR) is 88.7 cm³/mol. The fourth-order valence-corrected chi connectivity index (χ4v) is 2.79. The number of rotatable bonds is 9. The molecule has 0 aromatic heterocycles. The van der Waals surface area contributed by atoms with Gasteiger partial charge in [0.2, 0.25) is 0 Å². The normalized spacial score (nSPS) is 12.9. The Bertz CT molecular complexity index is 349. The first-order valence-corrected chi connectivity index (χ1v) is 8.39. The Morgan fingerprint density at radius 1 is 1.21 bits per heavy atom. The average Bonchev–Trinajstić information content (AvgIpc) is 2.37. The first kappa shape index (κ1) is 16.7. The SMILES string of the molecule is CCCNCC(CCCC(C)C)c1cccc(Br)c1. The molecule has 0 aliphatic carbocycles. The van der Waals surface area contributed by atoms with E-state index in [0.29, 0.717) is 5.92 Å². The van der Waals surface area contributed by atoms with Crippen molar-refractivity contribution in [2.24, 2.45) is 5.92 Å². The summed E-state index contributed by atoms with van der Waals surface area (Å²) in [5, 5.41) is 3.58. The van der Waals surface area contributed by atoms with Crippen molar-refractivity contribution in [3.8, 4) is 0 Å². The summed E-state index contributed by atoms with van der Waals surface area (Å²) in [7, 11) is 0. The van der Waals surface area contributed by atoms with Crippen molar-refractivity contribution in [1.82, 2.24) is 5.32 Å². The summed E-state index contributed by atoms with van der Waals surface area (Å²) >= 11 is 3.58. The molecule has 1 N–H and O–H groups in total. The van der Waals surface area contributed by atoms with Gasteiger partial charge in [-0.05, 0) is 48.9 Å². The summed E-state index contributed by atoms with van der Waals surface area (Å²) in [6, 6.07) is 8.79. The molecular weight excluding hydrogens is 298 g/mol. The van der Waals surface area contributed by atoms with E-state index in [1.807, 2.05) is 0 Å². The Balaban J connectivity index is 2.57. The zero-order valence-corrected chi connectivity index (χ0v) is 14.2. The van der Waals surface area contributed by atoms with Crippen molar-refractivity contribution in [2.45, 2.75) is 52.4 Å². The molecule has 108 valence electrons. The van der Waals surface area contributed by atoms with E-state index in [0.717, 1.165) is 19.0 Å². The molecule has 0 heterocycles. The topological polar surface area (TPSA) is 12.0 Å². The lowest BCUT2D eigenvalue weighted by atomic mass is 9.92. The molecule has 0 fully saturated rings. The Hall–Kier alpha value is -0.340. The van der Waals surface area contributed by atoms with E-state index in [9.17, 15) is 0 Å². The lowest BCUT2D eigenvalue weighted by molar-refractivity contribution is 0.480. The standard InChI is InChI=1S/C17H28BrN/c1-4-11-19-13-16(9-5-7-14(2)3)15-8-6-10-17(18)12-15/h6,8,10,12,14,16,19H,4-5,7,9,11,13H2,1-3H3. The van der Waals surface area contributed by atoms with Crippen molar-refractivity contribution in [2.75, 3.05) is 13.1 Å². The summed E-state index contributed by atoms with van der Waals surface area (Å²) < 4.78 is 1.19. The molecule has 19 heavy (non-hydrogen) atoms. The molecule has 1 atom stereocenters. The van der Waals surface area contributed by atoms with Crippen molar-refractivity contribution < 1.29 is 0 Å². The molecule has 0 saturated heterocycles. The Kier molecular flexibility index (Phi) is 8.40. The van der Waals surface area contributed by atoms with Gasteiger partial charge in [-0.3, -0.25) is 0 Å². The van der Waals surface area contributed by atoms with Crippen LogP contribution in [0.5, 0.6) is 0 Å². The van der Waals surface area contributed by atoms with Gasteiger partial charge >= 0.3 is 0 Å². The lowest BCUT2D eigenvalue weighted by Crippen LogP contribution is -2.22. The second-order valence-electron chi connectivity index (χ2n) is 5.78. The summed E-state index contributed by atoms with van der Waals surface area (Å²) in [4.78, 5) is 0. The minimum absolute atomic E-state index is 0.641. The van der Waals surface area contributed by atoms with Gasteiger partial charge in [-0.25, -0.2) is 0 Å². The van der Waals surface area contributed by atoms with Gasteiger partial charge < -0.3 is 5.32 Å². The zero-order chi connectivity index (χ0) is 14.1. The third-order valence-corrected chi connectivity index (χ3v) is 3.96. The highest BCUT2D eigenvalue weighted by atomic mass is 79.9. The second kappa shape index (κ2) is 9.55. The van der Waals surface area contributed by atoms with Gasteiger partial charge in [-0.1, -0.05) is 61.7 Å². The molecule has 2 heteroatoms. The molecule has 1 aromatic carbocycles. The molecule has 0 radical (unpaired) electrons. The maximum Gasteiger partial charge on any atom is 0.0178 e. The third kappa shape index (κ3) is 7.12. The van der Waals surface area contributed by atoms with E-state index >= 15 is 0 Å². The third-order valence-electron chi connectivity index (χ3n) is 3.47. The summed E-state index contributed by atoms with van der Waals surface area (Å²) in [5.41, 5.74) is 1.46. The number of benzene rings is 1. The monoisotopic (exact) mass is 325 g/mol. The Labute approximate surface area is 127 Å². The number of hydrogen-bond donors (Lipinski definition) is 1. The maximum absolute atomic E-state index is 3.58. The number of halogens is 1. The van der Waals surface area contributed by atoms with Crippen LogP contribution in [0.2, 0.25) is 0 Å². The summed E-state index contributed by atoms with van der Waals surface area (Å²) in [6.07, 6.45) is 5.14. The predicted octanol–water partition coefficient (Wildman–Crippen LogP) is 5.36. The van der Waals surface area contributed by atoms with Crippen molar-refractivity contribution in [3.05, 3.63) is 34.3 Å². The fraction of sp³-hybridized carbons (Fsp3) is 0.647. The van der Waals surface area contributed by atoms with Crippen LogP contribution in [0.3, 0.4) is 0 Å². The Morgan fingerprint density at radius 2 is 2.00 bits per heavy atom. The highest BCUT2D eigenvalue weighted by molar-refractivity contribution is 9.10. The first-order chi connectivity index (χ1) is 9.13. The van der Waals surface area contributed by atoms with Crippen LogP contribution in [0.4, 0.5) is 0 Å². The maximum atomic E-state index is 3.58. The van der Waals surface area contributed by atoms with E-state index in [4.69, 9.17) is 0 Å². The molecule has 0 amide bonds. The van der Waals surface area contributed by atoms with E-state index in [1.165, 1.54) is 35.7 Å². The van der Waals surface area contributed by atoms with Gasteiger partial charge in [0, 0.05) is 11.0 Å². The molecule has 1 unspecified atom stereocenters. The minimum Gasteiger partial charge on any atom is -0.316 e. The minimum atomic E-state index is 0.641. The fourth-order valence-electron chi connectivity index (χ4n) is 2.37. The van der Waals surface area contributed by atoms with Gasteiger partial charge in [-0.2, -0.15) is 0 Å². The van der Waals surface area contributed by atoms with Crippen LogP contribution in [0, 0.1) is 5.92 Å². The van der Waals surface area contributed by atoms with Crippen molar-refractivity contribution in [3.63, 3.8) is 0 Å². The van der Waals surface area contributed by atoms with Crippen LogP contribution < -0.4 is 5.32 Å². The van der Waals surface area contributed by atoms with E-state index < -0.39 is 0 Å². The van der Waals surface area contributed by atoms with Gasteiger partial charge in [0.1, 0.15) is 0 Å². The highest BCUT2D eigenvalue weighted by Crippen LogP contribution is 2.25. The second-order valence-corrected chi connectivity index (χ2v) is 6.70. The molecule has 1 nitrogen and oxygen atoms in total. The number of hydrogen-bond acceptors (Lipinski definition) is 1. The first-order valence-electron chi connectivity index (χ1n) is 7.59. The van der Waals surface area contributed by atoms with Crippen LogP contribution >= 0.6 is 15.9 Å². The zero-order valence-electron chi connectivity index (χ0n) is 12.6. The van der Waals surface area contributed by atoms with Crippen molar-refractivity contribution in [1.29, 1.82) is 0 Å². The molecule has 0 saturated carbocycles. The van der Waals surface area contributed by atoms with Crippen LogP contribution in [-0.4, -0.2) is 13.1 Å². The highest BCUT2D eigenvalue weighted by Gasteiger charge is 2.11. The summed E-state index contributed by atoms with van der Waals surface area (Å²) in [5.74, 6) is 1.45. The van der Waals surface area contributed by atoms with Gasteiger partial charge in [0.05, 0.1) is 0 Å². The molecule has 0 aliphatic rings. The van der Waals surface area contributed by atoms with Crippen LogP contribution in [0.25, 0.3) is 0 Å². The average molecular weight is 326 g/mol. The van der Waals surface area contributed by atoms with Gasteiger partial charge in [0.15, 0.2) is 0 Å². The smallest absolute Gasteiger partial charge is 0.0178 e. The molecule has 1 aromatic rings. The molecule has 0 spiro atoms. The lowest BCUT2D eigenvalue weighted by Gasteiger charge is -2.19. The van der Waals surface area contributed by atoms with E-state index in [-0.39, 0.29) is 0 Å². The van der Waals surface area contributed by atoms with E-state index in [1.54, 1.807) is 0 Å². The van der Waals surface area contributed by atoms with Crippen LogP contribution in [0.1, 0.15) is 57.9 Å². The van der Waals surface area contributed by atoms with Gasteiger partial charge in [0.25, 0.3) is 0 Å². The Morgan fingerprint density at radius 3 is 2.63 bits per heavy atom. The molecule has 0 bridgehead atoms. The summed E-state index contributed by atoms with van der Waals surface area (Å²) in [6.45, 7) is 9.06. The van der Waals surface area contributed by atoms with Crippen molar-refractivity contribution >= 4 is 15.9 Å².